The van der Waals surface area contributed by atoms with Gasteiger partial charge in [-0.25, -0.2) is 14.7 Å². The summed E-state index contributed by atoms with van der Waals surface area (Å²) in [5.74, 6) is -0.820. The van der Waals surface area contributed by atoms with Crippen molar-refractivity contribution in [3.8, 4) is 0 Å². The lowest BCUT2D eigenvalue weighted by atomic mass is 9.97. The molecule has 1 N–H and O–H groups in total. The van der Waals surface area contributed by atoms with Crippen molar-refractivity contribution in [1.29, 1.82) is 0 Å². The van der Waals surface area contributed by atoms with Gasteiger partial charge in [0.1, 0.15) is 0 Å². The molecule has 0 amide bonds. The summed E-state index contributed by atoms with van der Waals surface area (Å²) in [6.07, 6.45) is 17.1. The van der Waals surface area contributed by atoms with Gasteiger partial charge < -0.3 is 0 Å². The molecule has 0 bridgehead atoms. The van der Waals surface area contributed by atoms with Gasteiger partial charge in [0, 0.05) is 12.8 Å². The van der Waals surface area contributed by atoms with Crippen molar-refractivity contribution in [3.63, 3.8) is 0 Å². The van der Waals surface area contributed by atoms with Crippen molar-refractivity contribution < 1.29 is 29.7 Å². The van der Waals surface area contributed by atoms with E-state index in [0.717, 1.165) is 63.4 Å². The Hall–Kier alpha value is -0.500. The van der Waals surface area contributed by atoms with Crippen LogP contribution in [0.25, 0.3) is 0 Å². The summed E-state index contributed by atoms with van der Waals surface area (Å²) in [6, 6.07) is 0. The van der Waals surface area contributed by atoms with Gasteiger partial charge in [0.05, 0.1) is 19.8 Å². The second kappa shape index (κ2) is 18.3. The van der Waals surface area contributed by atoms with E-state index < -0.39 is 5.79 Å². The summed E-state index contributed by atoms with van der Waals surface area (Å²) in [5, 5.41) is 8.34. The minimum Gasteiger partial charge on any atom is -0.252 e. The van der Waals surface area contributed by atoms with E-state index in [1.54, 1.807) is 0 Å². The van der Waals surface area contributed by atoms with Crippen molar-refractivity contribution in [1.82, 2.24) is 0 Å². The Balaban J connectivity index is 2.48. The predicted octanol–water partition coefficient (Wildman–Crippen LogP) is 6.90. The van der Waals surface area contributed by atoms with E-state index in [4.69, 9.17) is 24.8 Å². The highest BCUT2D eigenvalue weighted by Gasteiger charge is 2.35. The molecular formula is C23H44O6. The summed E-state index contributed by atoms with van der Waals surface area (Å²) in [6.45, 7) is 7.29. The molecule has 0 unspecified atom stereocenters. The van der Waals surface area contributed by atoms with E-state index in [1.165, 1.54) is 44.9 Å². The third-order valence-corrected chi connectivity index (χ3v) is 5.36. The highest BCUT2D eigenvalue weighted by molar-refractivity contribution is 4.86. The van der Waals surface area contributed by atoms with E-state index in [-0.39, 0.29) is 0 Å². The molecule has 1 aliphatic carbocycles. The number of unbranched alkanes of at least 4 members (excludes halogenated alkanes) is 3. The maximum atomic E-state index is 8.34. The van der Waals surface area contributed by atoms with E-state index in [1.807, 2.05) is 6.92 Å². The molecular weight excluding hydrogens is 372 g/mol. The molecule has 1 aliphatic rings. The first kappa shape index (κ1) is 26.5. The molecule has 6 heteroatoms. The first-order chi connectivity index (χ1) is 14.2. The summed E-state index contributed by atoms with van der Waals surface area (Å²) >= 11 is 0. The Bertz CT molecular complexity index is 376. The Kier molecular flexibility index (Phi) is 16.7. The second-order valence-electron chi connectivity index (χ2n) is 8.36. The lowest BCUT2D eigenvalue weighted by molar-refractivity contribution is -0.514. The Morgan fingerprint density at radius 2 is 1.21 bits per heavy atom. The Morgan fingerprint density at radius 3 is 1.72 bits per heavy atom. The molecule has 0 aromatic heterocycles. The van der Waals surface area contributed by atoms with Gasteiger partial charge in [-0.1, -0.05) is 63.4 Å². The van der Waals surface area contributed by atoms with E-state index >= 15 is 0 Å². The molecule has 0 radical (unpaired) electrons. The van der Waals surface area contributed by atoms with Crippen LogP contribution >= 0.6 is 0 Å². The normalized spacial score (nSPS) is 18.7. The van der Waals surface area contributed by atoms with Gasteiger partial charge in [0.15, 0.2) is 0 Å². The molecule has 1 saturated carbocycles. The fraction of sp³-hybridized carbons (Fsp3) is 0.913. The third-order valence-electron chi connectivity index (χ3n) is 5.36. The Labute approximate surface area is 177 Å². The van der Waals surface area contributed by atoms with Crippen molar-refractivity contribution in [3.05, 3.63) is 12.2 Å². The fourth-order valence-electron chi connectivity index (χ4n) is 3.53. The molecule has 172 valence electrons. The summed E-state index contributed by atoms with van der Waals surface area (Å²) in [4.78, 5) is 26.9. The molecule has 0 aromatic rings. The highest BCUT2D eigenvalue weighted by atomic mass is 17.3. The molecule has 1 fully saturated rings. The smallest absolute Gasteiger partial charge is 0.233 e. The fourth-order valence-corrected chi connectivity index (χ4v) is 3.53. The molecule has 0 spiro atoms. The van der Waals surface area contributed by atoms with Crippen LogP contribution in [0.4, 0.5) is 0 Å². The first-order valence-electron chi connectivity index (χ1n) is 11.7. The first-order valence-corrected chi connectivity index (χ1v) is 11.7. The quantitative estimate of drug-likeness (QED) is 0.109. The molecule has 29 heavy (non-hydrogen) atoms. The lowest BCUT2D eigenvalue weighted by Gasteiger charge is -2.31. The number of rotatable bonds is 14. The van der Waals surface area contributed by atoms with Crippen LogP contribution in [-0.4, -0.2) is 30.9 Å². The van der Waals surface area contributed by atoms with Crippen LogP contribution in [0.15, 0.2) is 12.2 Å². The van der Waals surface area contributed by atoms with Crippen molar-refractivity contribution >= 4 is 0 Å². The SMILES string of the molecule is C=C(C)CCOOC1(OOCCCCCCOO)CCCCCCCCCCC1. The molecule has 0 heterocycles. The second-order valence-corrected chi connectivity index (χ2v) is 8.36. The lowest BCUT2D eigenvalue weighted by Crippen LogP contribution is -2.37. The molecule has 1 rings (SSSR count). The third kappa shape index (κ3) is 15.0. The average Bonchev–Trinajstić information content (AvgIpc) is 2.69. The molecule has 0 atom stereocenters. The maximum Gasteiger partial charge on any atom is 0.233 e. The highest BCUT2D eigenvalue weighted by Crippen LogP contribution is 2.30. The van der Waals surface area contributed by atoms with Gasteiger partial charge in [-0.15, -0.1) is 6.58 Å². The van der Waals surface area contributed by atoms with Gasteiger partial charge in [-0.2, -0.15) is 9.78 Å². The number of hydrogen-bond acceptors (Lipinski definition) is 6. The maximum absolute atomic E-state index is 8.34. The zero-order chi connectivity index (χ0) is 21.0. The van der Waals surface area contributed by atoms with E-state index in [9.17, 15) is 0 Å². The number of hydrogen-bond donors (Lipinski definition) is 1. The zero-order valence-corrected chi connectivity index (χ0v) is 18.6. The van der Waals surface area contributed by atoms with Gasteiger partial charge >= 0.3 is 0 Å². The van der Waals surface area contributed by atoms with Gasteiger partial charge in [-0.3, -0.25) is 5.26 Å². The van der Waals surface area contributed by atoms with Gasteiger partial charge in [-0.05, 0) is 39.0 Å². The Morgan fingerprint density at radius 1 is 0.724 bits per heavy atom. The standard InChI is InChI=1S/C23H44O6/c1-22(2)16-21-27-29-23(28-26-20-15-11-10-14-19-25-24)17-12-8-6-4-3-5-7-9-13-18-23/h24H,1,3-21H2,2H3. The van der Waals surface area contributed by atoms with Crippen LogP contribution in [0.5, 0.6) is 0 Å². The largest absolute Gasteiger partial charge is 0.252 e. The monoisotopic (exact) mass is 416 g/mol. The minimum atomic E-state index is -0.820. The molecule has 0 aliphatic heterocycles. The van der Waals surface area contributed by atoms with Crippen LogP contribution in [0.1, 0.15) is 110 Å². The summed E-state index contributed by atoms with van der Waals surface area (Å²) in [5.41, 5.74) is 1.07. The molecule has 0 aromatic carbocycles. The van der Waals surface area contributed by atoms with Gasteiger partial charge in [0.25, 0.3) is 0 Å². The minimum absolute atomic E-state index is 0.385. The van der Waals surface area contributed by atoms with Crippen LogP contribution in [0.2, 0.25) is 0 Å². The van der Waals surface area contributed by atoms with Gasteiger partial charge in [0.2, 0.25) is 5.79 Å². The van der Waals surface area contributed by atoms with E-state index in [0.29, 0.717) is 19.8 Å². The zero-order valence-electron chi connectivity index (χ0n) is 18.6. The predicted molar refractivity (Wildman–Crippen MR) is 114 cm³/mol. The van der Waals surface area contributed by atoms with Crippen molar-refractivity contribution in [2.45, 2.75) is 115 Å². The van der Waals surface area contributed by atoms with Crippen LogP contribution in [-0.2, 0) is 24.4 Å². The molecule has 6 nitrogen and oxygen atoms in total. The topological polar surface area (TPSA) is 66.4 Å². The summed E-state index contributed by atoms with van der Waals surface area (Å²) in [7, 11) is 0. The van der Waals surface area contributed by atoms with Crippen molar-refractivity contribution in [2.75, 3.05) is 19.8 Å². The molecule has 0 saturated heterocycles. The van der Waals surface area contributed by atoms with E-state index in [2.05, 4.69) is 11.5 Å². The average molecular weight is 417 g/mol. The van der Waals surface area contributed by atoms with Crippen LogP contribution in [0, 0.1) is 0 Å². The summed E-state index contributed by atoms with van der Waals surface area (Å²) < 4.78 is 0. The van der Waals surface area contributed by atoms with Crippen molar-refractivity contribution in [2.24, 2.45) is 0 Å². The van der Waals surface area contributed by atoms with Crippen LogP contribution < -0.4 is 0 Å². The van der Waals surface area contributed by atoms with Crippen LogP contribution in [0.3, 0.4) is 0 Å².